The molecule has 0 radical (unpaired) electrons. The van der Waals surface area contributed by atoms with Crippen molar-refractivity contribution in [3.05, 3.63) is 82.9 Å². The van der Waals surface area contributed by atoms with Crippen molar-refractivity contribution in [1.29, 1.82) is 0 Å². The fourth-order valence-electron chi connectivity index (χ4n) is 2.44. The fourth-order valence-corrected chi connectivity index (χ4v) is 2.44. The molecular weight excluding hydrogens is 304 g/mol. The number of carboxylic acid groups (broad SMARTS) is 2. The lowest BCUT2D eigenvalue weighted by Crippen LogP contribution is -2.04. The van der Waals surface area contributed by atoms with Gasteiger partial charge < -0.3 is 10.2 Å². The lowest BCUT2D eigenvalue weighted by atomic mass is 10.0. The van der Waals surface area contributed by atoms with E-state index in [-0.39, 0.29) is 16.7 Å². The van der Waals surface area contributed by atoms with Gasteiger partial charge in [0.2, 0.25) is 0 Å². The van der Waals surface area contributed by atoms with E-state index in [1.165, 1.54) is 18.2 Å². The summed E-state index contributed by atoms with van der Waals surface area (Å²) in [5, 5.41) is 20.3. The van der Waals surface area contributed by atoms with E-state index in [0.29, 0.717) is 0 Å². The highest BCUT2D eigenvalue weighted by molar-refractivity contribution is 5.95. The molecule has 0 bridgehead atoms. The Morgan fingerprint density at radius 3 is 2.21 bits per heavy atom. The molecule has 0 aliphatic carbocycles. The van der Waals surface area contributed by atoms with Crippen molar-refractivity contribution < 1.29 is 19.8 Å². The highest BCUT2D eigenvalue weighted by Gasteiger charge is 2.12. The molecule has 0 saturated heterocycles. The first kappa shape index (κ1) is 15.3. The molecule has 0 aliphatic rings. The molecule has 0 amide bonds. The highest BCUT2D eigenvalue weighted by Crippen LogP contribution is 2.18. The third-order valence-corrected chi connectivity index (χ3v) is 3.62. The molecule has 4 heteroatoms. The molecule has 24 heavy (non-hydrogen) atoms. The van der Waals surface area contributed by atoms with Gasteiger partial charge in [0.05, 0.1) is 11.1 Å². The van der Waals surface area contributed by atoms with Gasteiger partial charge in [0.25, 0.3) is 0 Å². The van der Waals surface area contributed by atoms with Crippen LogP contribution < -0.4 is 0 Å². The van der Waals surface area contributed by atoms with Crippen LogP contribution in [0, 0.1) is 11.8 Å². The van der Waals surface area contributed by atoms with E-state index in [1.807, 2.05) is 42.5 Å². The quantitative estimate of drug-likeness (QED) is 0.708. The molecule has 0 spiro atoms. The third-order valence-electron chi connectivity index (χ3n) is 3.62. The van der Waals surface area contributed by atoms with Crippen LogP contribution in [0.2, 0.25) is 0 Å². The van der Waals surface area contributed by atoms with Crippen LogP contribution in [-0.4, -0.2) is 22.2 Å². The van der Waals surface area contributed by atoms with Gasteiger partial charge in [0, 0.05) is 11.1 Å². The van der Waals surface area contributed by atoms with E-state index < -0.39 is 11.9 Å². The van der Waals surface area contributed by atoms with Gasteiger partial charge in [0.1, 0.15) is 0 Å². The zero-order chi connectivity index (χ0) is 17.1. The molecule has 0 saturated carbocycles. The monoisotopic (exact) mass is 316 g/mol. The molecule has 0 aromatic heterocycles. The van der Waals surface area contributed by atoms with Crippen molar-refractivity contribution in [3.8, 4) is 11.8 Å². The summed E-state index contributed by atoms with van der Waals surface area (Å²) in [5.74, 6) is 3.49. The first-order valence-electron chi connectivity index (χ1n) is 7.16. The van der Waals surface area contributed by atoms with Gasteiger partial charge in [-0.05, 0) is 35.0 Å². The second-order valence-corrected chi connectivity index (χ2v) is 5.15. The maximum Gasteiger partial charge on any atom is 0.336 e. The number of carbonyl (C=O) groups is 2. The number of aromatic carboxylic acids is 2. The first-order valence-corrected chi connectivity index (χ1v) is 7.16. The van der Waals surface area contributed by atoms with Gasteiger partial charge >= 0.3 is 11.9 Å². The van der Waals surface area contributed by atoms with Crippen molar-refractivity contribution in [2.75, 3.05) is 0 Å². The summed E-state index contributed by atoms with van der Waals surface area (Å²) in [7, 11) is 0. The predicted octanol–water partition coefficient (Wildman–Crippen LogP) is 3.64. The average molecular weight is 316 g/mol. The number of hydrogen-bond donors (Lipinski definition) is 2. The highest BCUT2D eigenvalue weighted by atomic mass is 16.4. The smallest absolute Gasteiger partial charge is 0.336 e. The SMILES string of the molecule is O=C(O)c1ccc(C(=O)O)c(C#Cc2cccc3ccccc23)c1. The van der Waals surface area contributed by atoms with Crippen LogP contribution >= 0.6 is 0 Å². The Morgan fingerprint density at radius 1 is 0.750 bits per heavy atom. The predicted molar refractivity (Wildman–Crippen MR) is 90.3 cm³/mol. The van der Waals surface area contributed by atoms with Gasteiger partial charge in [-0.2, -0.15) is 0 Å². The number of fused-ring (bicyclic) bond motifs is 1. The second-order valence-electron chi connectivity index (χ2n) is 5.15. The van der Waals surface area contributed by atoms with Gasteiger partial charge in [-0.3, -0.25) is 0 Å². The second kappa shape index (κ2) is 6.27. The molecular formula is C20H12O4. The average Bonchev–Trinajstić information content (AvgIpc) is 2.59. The third kappa shape index (κ3) is 2.96. The normalized spacial score (nSPS) is 10.0. The van der Waals surface area contributed by atoms with E-state index in [0.717, 1.165) is 16.3 Å². The van der Waals surface area contributed by atoms with Crippen LogP contribution in [0.25, 0.3) is 10.8 Å². The minimum atomic E-state index is -1.14. The van der Waals surface area contributed by atoms with E-state index in [1.54, 1.807) is 0 Å². The van der Waals surface area contributed by atoms with Crippen molar-refractivity contribution in [2.45, 2.75) is 0 Å². The Bertz CT molecular complexity index is 1020. The summed E-state index contributed by atoms with van der Waals surface area (Å²) in [6, 6.07) is 17.2. The maximum absolute atomic E-state index is 11.3. The summed E-state index contributed by atoms with van der Waals surface area (Å²) >= 11 is 0. The number of hydrogen-bond acceptors (Lipinski definition) is 2. The molecule has 0 fully saturated rings. The largest absolute Gasteiger partial charge is 0.478 e. The van der Waals surface area contributed by atoms with Crippen LogP contribution in [0.4, 0.5) is 0 Å². The fraction of sp³-hybridized carbons (Fsp3) is 0. The summed E-state index contributed by atoms with van der Waals surface area (Å²) in [5.41, 5.74) is 0.912. The Hall–Kier alpha value is -3.58. The van der Waals surface area contributed by atoms with Gasteiger partial charge in [-0.15, -0.1) is 0 Å². The molecule has 0 aliphatic heterocycles. The molecule has 3 aromatic carbocycles. The minimum absolute atomic E-state index is 0.00206. The Labute approximate surface area is 138 Å². The van der Waals surface area contributed by atoms with Crippen LogP contribution in [0.15, 0.2) is 60.7 Å². The molecule has 116 valence electrons. The van der Waals surface area contributed by atoms with E-state index in [4.69, 9.17) is 5.11 Å². The van der Waals surface area contributed by atoms with E-state index in [2.05, 4.69) is 11.8 Å². The van der Waals surface area contributed by atoms with E-state index >= 15 is 0 Å². The van der Waals surface area contributed by atoms with Crippen molar-refractivity contribution in [2.24, 2.45) is 0 Å². The molecule has 0 heterocycles. The van der Waals surface area contributed by atoms with Crippen molar-refractivity contribution in [1.82, 2.24) is 0 Å². The van der Waals surface area contributed by atoms with Crippen LogP contribution in [0.5, 0.6) is 0 Å². The minimum Gasteiger partial charge on any atom is -0.478 e. The molecule has 0 unspecified atom stereocenters. The molecule has 0 atom stereocenters. The standard InChI is InChI=1S/C20H12O4/c21-19(22)16-10-11-18(20(23)24)15(12-16)9-8-14-6-3-5-13-4-1-2-7-17(13)14/h1-7,10-12H,(H,21,22)(H,23,24). The lowest BCUT2D eigenvalue weighted by Gasteiger charge is -2.02. The van der Waals surface area contributed by atoms with Crippen LogP contribution in [0.1, 0.15) is 31.8 Å². The zero-order valence-electron chi connectivity index (χ0n) is 12.5. The van der Waals surface area contributed by atoms with Gasteiger partial charge in [0.15, 0.2) is 0 Å². The summed E-state index contributed by atoms with van der Waals surface area (Å²) in [6.45, 7) is 0. The number of benzene rings is 3. The molecule has 3 rings (SSSR count). The van der Waals surface area contributed by atoms with Gasteiger partial charge in [-0.25, -0.2) is 9.59 Å². The molecule has 2 N–H and O–H groups in total. The Kier molecular flexibility index (Phi) is 4.00. The molecule has 3 aromatic rings. The van der Waals surface area contributed by atoms with E-state index in [9.17, 15) is 14.7 Å². The topological polar surface area (TPSA) is 74.6 Å². The Balaban J connectivity index is 2.14. The first-order chi connectivity index (χ1) is 11.6. The summed E-state index contributed by atoms with van der Waals surface area (Å²) in [6.07, 6.45) is 0. The van der Waals surface area contributed by atoms with Crippen LogP contribution in [-0.2, 0) is 0 Å². The lowest BCUT2D eigenvalue weighted by molar-refractivity contribution is 0.0681. The van der Waals surface area contributed by atoms with Crippen molar-refractivity contribution in [3.63, 3.8) is 0 Å². The summed E-state index contributed by atoms with van der Waals surface area (Å²) < 4.78 is 0. The van der Waals surface area contributed by atoms with Gasteiger partial charge in [-0.1, -0.05) is 48.2 Å². The zero-order valence-corrected chi connectivity index (χ0v) is 12.5. The molecule has 4 nitrogen and oxygen atoms in total. The van der Waals surface area contributed by atoms with Crippen LogP contribution in [0.3, 0.4) is 0 Å². The maximum atomic E-state index is 11.3. The van der Waals surface area contributed by atoms with Crippen molar-refractivity contribution >= 4 is 22.7 Å². The Morgan fingerprint density at radius 2 is 1.46 bits per heavy atom. The number of rotatable bonds is 2. The number of carboxylic acids is 2. The summed E-state index contributed by atoms with van der Waals surface area (Å²) in [4.78, 5) is 22.4.